The summed E-state index contributed by atoms with van der Waals surface area (Å²) in [7, 11) is 0. The van der Waals surface area contributed by atoms with E-state index < -0.39 is 0 Å². The Morgan fingerprint density at radius 3 is 1.42 bits per heavy atom. The zero-order valence-corrected chi connectivity index (χ0v) is 30.3. The molecule has 0 saturated heterocycles. The normalized spacial score (nSPS) is 11.5. The zero-order valence-electron chi connectivity index (χ0n) is 30.3. The smallest absolute Gasteiger partial charge is 0.101 e. The fourth-order valence-electron chi connectivity index (χ4n) is 8.93. The van der Waals surface area contributed by atoms with E-state index in [0.29, 0.717) is 27.9 Å². The van der Waals surface area contributed by atoms with Crippen LogP contribution < -0.4 is 0 Å². The Hall–Kier alpha value is -8.37. The molecule has 0 saturated carbocycles. The third-order valence-corrected chi connectivity index (χ3v) is 11.4. The van der Waals surface area contributed by atoms with Crippen molar-refractivity contribution < 1.29 is 0 Å². The SMILES string of the molecule is N#Cc1cc(-n2c3ccccc3c3c(C#N)cccc32)c(C#N)cc1-c1ccc(-n2c3ccccc3c3ccc(-n4c5ccccc5c5ccccc54)cc32)cc1. The highest BCUT2D eigenvalue weighted by molar-refractivity contribution is 6.13. The van der Waals surface area contributed by atoms with Crippen molar-refractivity contribution in [3.63, 3.8) is 0 Å². The molecule has 11 aromatic rings. The predicted octanol–water partition coefficient (Wildman–Crippen LogP) is 12.3. The predicted molar refractivity (Wildman–Crippen MR) is 229 cm³/mol. The lowest BCUT2D eigenvalue weighted by Gasteiger charge is -2.14. The van der Waals surface area contributed by atoms with E-state index in [9.17, 15) is 15.8 Å². The summed E-state index contributed by atoms with van der Waals surface area (Å²) in [5, 5.41) is 37.6. The highest BCUT2D eigenvalue weighted by Crippen LogP contribution is 2.39. The summed E-state index contributed by atoms with van der Waals surface area (Å²) >= 11 is 0. The second kappa shape index (κ2) is 12.3. The second-order valence-corrected chi connectivity index (χ2v) is 14.3. The molecule has 0 fully saturated rings. The molecule has 0 bridgehead atoms. The Morgan fingerprint density at radius 2 is 0.825 bits per heavy atom. The molecule has 8 aromatic carbocycles. The van der Waals surface area contributed by atoms with Gasteiger partial charge in [-0.25, -0.2) is 0 Å². The first-order chi connectivity index (χ1) is 28.2. The fourth-order valence-corrected chi connectivity index (χ4v) is 8.93. The van der Waals surface area contributed by atoms with Crippen LogP contribution in [0.1, 0.15) is 16.7 Å². The molecular formula is C51H28N6. The van der Waals surface area contributed by atoms with Crippen LogP contribution in [0.15, 0.2) is 170 Å². The summed E-state index contributed by atoms with van der Waals surface area (Å²) in [5.41, 5.74) is 11.8. The maximum absolute atomic E-state index is 10.6. The minimum atomic E-state index is 0.429. The molecule has 0 radical (unpaired) electrons. The van der Waals surface area contributed by atoms with Crippen molar-refractivity contribution in [3.05, 3.63) is 187 Å². The molecule has 0 aliphatic rings. The minimum Gasteiger partial charge on any atom is -0.309 e. The number of nitrogens with zero attached hydrogens (tertiary/aromatic N) is 6. The van der Waals surface area contributed by atoms with Gasteiger partial charge in [-0.2, -0.15) is 15.8 Å². The lowest BCUT2D eigenvalue weighted by molar-refractivity contribution is 1.15. The maximum Gasteiger partial charge on any atom is 0.101 e. The summed E-state index contributed by atoms with van der Waals surface area (Å²) in [5.74, 6) is 0. The van der Waals surface area contributed by atoms with Crippen LogP contribution in [-0.2, 0) is 0 Å². The molecular weight excluding hydrogens is 697 g/mol. The van der Waals surface area contributed by atoms with Crippen LogP contribution >= 0.6 is 0 Å². The van der Waals surface area contributed by atoms with Crippen LogP contribution in [0.3, 0.4) is 0 Å². The van der Waals surface area contributed by atoms with Crippen LogP contribution in [0.25, 0.3) is 93.6 Å². The highest BCUT2D eigenvalue weighted by atomic mass is 15.0. The molecule has 3 heterocycles. The Bertz CT molecular complexity index is 3560. The molecule has 57 heavy (non-hydrogen) atoms. The van der Waals surface area contributed by atoms with Crippen LogP contribution in [0, 0.1) is 34.0 Å². The van der Waals surface area contributed by atoms with Crippen molar-refractivity contribution in [2.24, 2.45) is 0 Å². The van der Waals surface area contributed by atoms with Crippen molar-refractivity contribution in [2.75, 3.05) is 0 Å². The molecule has 0 amide bonds. The van der Waals surface area contributed by atoms with E-state index in [-0.39, 0.29) is 0 Å². The van der Waals surface area contributed by atoms with Gasteiger partial charge in [-0.15, -0.1) is 0 Å². The molecule has 262 valence electrons. The van der Waals surface area contributed by atoms with Gasteiger partial charge in [0, 0.05) is 49.3 Å². The third kappa shape index (κ3) is 4.61. The van der Waals surface area contributed by atoms with Crippen LogP contribution in [0.2, 0.25) is 0 Å². The number of nitriles is 3. The van der Waals surface area contributed by atoms with Gasteiger partial charge in [0.05, 0.1) is 67.6 Å². The number of hydrogen-bond donors (Lipinski definition) is 0. The molecule has 6 heteroatoms. The first kappa shape index (κ1) is 32.1. The summed E-state index contributed by atoms with van der Waals surface area (Å²) in [6.45, 7) is 0. The second-order valence-electron chi connectivity index (χ2n) is 14.3. The van der Waals surface area contributed by atoms with E-state index in [1.807, 2.05) is 65.2 Å². The monoisotopic (exact) mass is 724 g/mol. The van der Waals surface area contributed by atoms with Gasteiger partial charge in [0.25, 0.3) is 0 Å². The average molecular weight is 725 g/mol. The highest BCUT2D eigenvalue weighted by Gasteiger charge is 2.21. The van der Waals surface area contributed by atoms with Gasteiger partial charge in [-0.1, -0.05) is 97.1 Å². The van der Waals surface area contributed by atoms with Gasteiger partial charge in [-0.3, -0.25) is 0 Å². The van der Waals surface area contributed by atoms with Crippen molar-refractivity contribution >= 4 is 65.4 Å². The summed E-state index contributed by atoms with van der Waals surface area (Å²) in [6, 6.07) is 64.8. The topological polar surface area (TPSA) is 86.2 Å². The van der Waals surface area contributed by atoms with Crippen molar-refractivity contribution in [1.29, 1.82) is 15.8 Å². The number of hydrogen-bond acceptors (Lipinski definition) is 3. The first-order valence-corrected chi connectivity index (χ1v) is 18.7. The Labute approximate surface area is 326 Å². The Kier molecular flexibility index (Phi) is 6.95. The summed E-state index contributed by atoms with van der Waals surface area (Å²) in [6.07, 6.45) is 0. The van der Waals surface area contributed by atoms with Gasteiger partial charge in [0.2, 0.25) is 0 Å². The van der Waals surface area contributed by atoms with E-state index in [2.05, 4.69) is 130 Å². The maximum atomic E-state index is 10.6. The van der Waals surface area contributed by atoms with Crippen molar-refractivity contribution in [2.45, 2.75) is 0 Å². The Balaban J connectivity index is 1.07. The first-order valence-electron chi connectivity index (χ1n) is 18.7. The van der Waals surface area contributed by atoms with E-state index in [0.717, 1.165) is 66.2 Å². The third-order valence-electron chi connectivity index (χ3n) is 11.4. The van der Waals surface area contributed by atoms with Crippen molar-refractivity contribution in [3.8, 4) is 46.4 Å². The molecule has 11 rings (SSSR count). The van der Waals surface area contributed by atoms with Crippen LogP contribution in [0.4, 0.5) is 0 Å². The molecule has 0 unspecified atom stereocenters. The fraction of sp³-hybridized carbons (Fsp3) is 0. The van der Waals surface area contributed by atoms with E-state index in [1.54, 1.807) is 6.07 Å². The van der Waals surface area contributed by atoms with E-state index in [4.69, 9.17) is 0 Å². The largest absolute Gasteiger partial charge is 0.309 e. The Morgan fingerprint density at radius 1 is 0.333 bits per heavy atom. The molecule has 0 N–H and O–H groups in total. The quantitative estimate of drug-likeness (QED) is 0.181. The lowest BCUT2D eigenvalue weighted by atomic mass is 9.96. The summed E-state index contributed by atoms with van der Waals surface area (Å²) in [4.78, 5) is 0. The zero-order chi connectivity index (χ0) is 38.2. The number of rotatable bonds is 4. The molecule has 0 atom stereocenters. The van der Waals surface area contributed by atoms with Crippen LogP contribution in [-0.4, -0.2) is 13.7 Å². The van der Waals surface area contributed by atoms with Crippen molar-refractivity contribution in [1.82, 2.24) is 13.7 Å². The van der Waals surface area contributed by atoms with Gasteiger partial charge < -0.3 is 13.7 Å². The molecule has 0 spiro atoms. The number of benzene rings is 8. The lowest BCUT2D eigenvalue weighted by Crippen LogP contribution is -2.00. The van der Waals surface area contributed by atoms with Gasteiger partial charge in [0.15, 0.2) is 0 Å². The average Bonchev–Trinajstić information content (AvgIpc) is 3.91. The molecule has 6 nitrogen and oxygen atoms in total. The molecule has 0 aliphatic heterocycles. The number of para-hydroxylation sites is 4. The number of aromatic nitrogens is 3. The van der Waals surface area contributed by atoms with Crippen LogP contribution in [0.5, 0.6) is 0 Å². The van der Waals surface area contributed by atoms with E-state index in [1.165, 1.54) is 16.2 Å². The molecule has 3 aromatic heterocycles. The van der Waals surface area contributed by atoms with Gasteiger partial charge >= 0.3 is 0 Å². The number of fused-ring (bicyclic) bond motifs is 9. The standard InChI is InChI=1S/C51H28N6/c52-29-33-10-9-19-48-51(33)42-14-4-8-18-47(42)57(48)49-27-34(30-53)43(26-35(49)31-54)32-20-22-36(23-21-32)55-44-15-5-3-13-40(44)41-25-24-37(28-50(41)55)56-45-16-6-1-11-38(45)39-12-2-7-17-46(39)56/h1-28H. The minimum absolute atomic E-state index is 0.429. The van der Waals surface area contributed by atoms with Gasteiger partial charge in [-0.05, 0) is 78.4 Å². The molecule has 0 aliphatic carbocycles. The van der Waals surface area contributed by atoms with E-state index >= 15 is 0 Å². The van der Waals surface area contributed by atoms with Gasteiger partial charge in [0.1, 0.15) is 6.07 Å². The summed E-state index contributed by atoms with van der Waals surface area (Å²) < 4.78 is 6.64.